The van der Waals surface area contributed by atoms with Crippen molar-refractivity contribution in [3.05, 3.63) is 83.7 Å². The lowest BCUT2D eigenvalue weighted by Crippen LogP contribution is -2.39. The Bertz CT molecular complexity index is 1010. The zero-order valence-electron chi connectivity index (χ0n) is 15.2. The number of hydrogen-bond donors (Lipinski definition) is 0. The molecule has 1 amide bonds. The number of amides is 1. The Morgan fingerprint density at radius 3 is 2.75 bits per heavy atom. The molecule has 1 saturated heterocycles. The maximum atomic E-state index is 14.0. The van der Waals surface area contributed by atoms with Gasteiger partial charge in [0.2, 0.25) is 0 Å². The largest absolute Gasteiger partial charge is 0.338 e. The second-order valence-electron chi connectivity index (χ2n) is 6.89. The number of carbonyl (C=O) groups excluding carboxylic acids is 1. The average molecular weight is 379 g/mol. The zero-order valence-corrected chi connectivity index (χ0v) is 15.2. The van der Waals surface area contributed by atoms with Gasteiger partial charge in [0.25, 0.3) is 5.91 Å². The van der Waals surface area contributed by atoms with E-state index in [2.05, 4.69) is 9.97 Å². The maximum absolute atomic E-state index is 14.0. The van der Waals surface area contributed by atoms with Crippen LogP contribution in [0.15, 0.2) is 60.8 Å². The first-order chi connectivity index (χ1) is 13.6. The van der Waals surface area contributed by atoms with Crippen molar-refractivity contribution < 1.29 is 13.6 Å². The number of rotatable bonds is 3. The van der Waals surface area contributed by atoms with Crippen molar-refractivity contribution in [3.63, 3.8) is 0 Å². The lowest BCUT2D eigenvalue weighted by Gasteiger charge is -2.32. The summed E-state index contributed by atoms with van der Waals surface area (Å²) in [5.41, 5.74) is 1.50. The fourth-order valence-electron chi connectivity index (χ4n) is 3.57. The van der Waals surface area contributed by atoms with Gasteiger partial charge < -0.3 is 4.90 Å². The van der Waals surface area contributed by atoms with Crippen molar-refractivity contribution in [1.82, 2.24) is 14.9 Å². The van der Waals surface area contributed by atoms with Gasteiger partial charge in [0.15, 0.2) is 5.82 Å². The minimum atomic E-state index is -0.509. The topological polar surface area (TPSA) is 46.1 Å². The standard InChI is InChI=1S/C22H19F2N3O/c23-17-7-3-5-15(13-17)21-25-11-10-20(26-21)16-6-4-12-27(14-16)22(28)18-8-1-2-9-19(18)24/h1-3,5,7-11,13,16H,4,6,12,14H2/t16-/m0/s1. The number of piperidine rings is 1. The van der Waals surface area contributed by atoms with Gasteiger partial charge >= 0.3 is 0 Å². The highest BCUT2D eigenvalue weighted by atomic mass is 19.1. The monoisotopic (exact) mass is 379 g/mol. The molecule has 4 nitrogen and oxygen atoms in total. The van der Waals surface area contributed by atoms with Crippen LogP contribution in [0.5, 0.6) is 0 Å². The lowest BCUT2D eigenvalue weighted by molar-refractivity contribution is 0.0701. The molecule has 3 aromatic rings. The highest BCUT2D eigenvalue weighted by Crippen LogP contribution is 2.28. The van der Waals surface area contributed by atoms with Crippen LogP contribution in [0.1, 0.15) is 34.8 Å². The molecule has 0 unspecified atom stereocenters. The molecule has 0 N–H and O–H groups in total. The van der Waals surface area contributed by atoms with Gasteiger partial charge in [-0.15, -0.1) is 0 Å². The summed E-state index contributed by atoms with van der Waals surface area (Å²) in [4.78, 5) is 23.3. The van der Waals surface area contributed by atoms with Crippen LogP contribution in [0.25, 0.3) is 11.4 Å². The van der Waals surface area contributed by atoms with Gasteiger partial charge in [-0.05, 0) is 43.2 Å². The van der Waals surface area contributed by atoms with Crippen LogP contribution >= 0.6 is 0 Å². The van der Waals surface area contributed by atoms with E-state index in [4.69, 9.17) is 0 Å². The van der Waals surface area contributed by atoms with Gasteiger partial charge in [-0.3, -0.25) is 4.79 Å². The molecule has 0 radical (unpaired) electrons. The van der Waals surface area contributed by atoms with Crippen LogP contribution in [0.4, 0.5) is 8.78 Å². The first-order valence-electron chi connectivity index (χ1n) is 9.24. The number of carbonyl (C=O) groups is 1. The zero-order chi connectivity index (χ0) is 19.5. The summed E-state index contributed by atoms with van der Waals surface area (Å²) >= 11 is 0. The van der Waals surface area contributed by atoms with Crippen LogP contribution < -0.4 is 0 Å². The van der Waals surface area contributed by atoms with E-state index in [1.54, 1.807) is 35.4 Å². The van der Waals surface area contributed by atoms with Crippen LogP contribution in [-0.2, 0) is 0 Å². The summed E-state index contributed by atoms with van der Waals surface area (Å²) in [6.07, 6.45) is 3.34. The van der Waals surface area contributed by atoms with Crippen molar-refractivity contribution in [1.29, 1.82) is 0 Å². The summed E-state index contributed by atoms with van der Waals surface area (Å²) in [6.45, 7) is 1.05. The summed E-state index contributed by atoms with van der Waals surface area (Å²) < 4.78 is 27.5. The molecule has 142 valence electrons. The molecule has 1 aromatic heterocycles. The molecular weight excluding hydrogens is 360 g/mol. The van der Waals surface area contributed by atoms with Crippen molar-refractivity contribution in [2.75, 3.05) is 13.1 Å². The van der Waals surface area contributed by atoms with E-state index in [0.29, 0.717) is 24.5 Å². The maximum Gasteiger partial charge on any atom is 0.256 e. The molecule has 0 aliphatic carbocycles. The van der Waals surface area contributed by atoms with E-state index in [1.165, 1.54) is 24.3 Å². The first-order valence-corrected chi connectivity index (χ1v) is 9.24. The Balaban J connectivity index is 1.56. The molecule has 2 aromatic carbocycles. The number of benzene rings is 2. The highest BCUT2D eigenvalue weighted by molar-refractivity contribution is 5.94. The Morgan fingerprint density at radius 1 is 1.07 bits per heavy atom. The number of nitrogens with zero attached hydrogens (tertiary/aromatic N) is 3. The minimum absolute atomic E-state index is 0.0276. The second kappa shape index (κ2) is 7.84. The van der Waals surface area contributed by atoms with E-state index < -0.39 is 5.82 Å². The van der Waals surface area contributed by atoms with Crippen molar-refractivity contribution in [3.8, 4) is 11.4 Å². The van der Waals surface area contributed by atoms with Gasteiger partial charge in [0.05, 0.1) is 5.56 Å². The summed E-state index contributed by atoms with van der Waals surface area (Å²) in [6, 6.07) is 14.0. The summed E-state index contributed by atoms with van der Waals surface area (Å²) in [5, 5.41) is 0. The fourth-order valence-corrected chi connectivity index (χ4v) is 3.57. The molecule has 28 heavy (non-hydrogen) atoms. The van der Waals surface area contributed by atoms with E-state index in [0.717, 1.165) is 18.5 Å². The van der Waals surface area contributed by atoms with E-state index >= 15 is 0 Å². The third-order valence-corrected chi connectivity index (χ3v) is 4.99. The molecule has 0 bridgehead atoms. The number of hydrogen-bond acceptors (Lipinski definition) is 3. The van der Waals surface area contributed by atoms with Crippen molar-refractivity contribution in [2.24, 2.45) is 0 Å². The van der Waals surface area contributed by atoms with Crippen LogP contribution in [-0.4, -0.2) is 33.9 Å². The Kier molecular flexibility index (Phi) is 5.10. The summed E-state index contributed by atoms with van der Waals surface area (Å²) in [5.74, 6) is -0.674. The normalized spacial score (nSPS) is 16.8. The van der Waals surface area contributed by atoms with Gasteiger partial charge in [0.1, 0.15) is 11.6 Å². The Labute approximate surface area is 161 Å². The van der Waals surface area contributed by atoms with E-state index in [9.17, 15) is 13.6 Å². The number of halogens is 2. The smallest absolute Gasteiger partial charge is 0.256 e. The molecule has 1 aliphatic heterocycles. The van der Waals surface area contributed by atoms with Crippen LogP contribution in [0.2, 0.25) is 0 Å². The van der Waals surface area contributed by atoms with Crippen molar-refractivity contribution >= 4 is 5.91 Å². The third kappa shape index (κ3) is 3.76. The molecule has 0 spiro atoms. The molecule has 1 atom stereocenters. The molecule has 0 saturated carbocycles. The van der Waals surface area contributed by atoms with Crippen LogP contribution in [0.3, 0.4) is 0 Å². The third-order valence-electron chi connectivity index (χ3n) is 4.99. The first kappa shape index (κ1) is 18.2. The molecular formula is C22H19F2N3O. The number of likely N-dealkylation sites (tertiary alicyclic amines) is 1. The Hall–Kier alpha value is -3.15. The molecule has 2 heterocycles. The molecule has 1 aliphatic rings. The SMILES string of the molecule is O=C(c1ccccc1F)N1CCC[C@H](c2ccnc(-c3cccc(F)c3)n2)C1. The Morgan fingerprint density at radius 2 is 1.93 bits per heavy atom. The predicted octanol–water partition coefficient (Wildman–Crippen LogP) is 4.44. The minimum Gasteiger partial charge on any atom is -0.338 e. The van der Waals surface area contributed by atoms with Gasteiger partial charge in [-0.25, -0.2) is 18.7 Å². The average Bonchev–Trinajstić information content (AvgIpc) is 2.74. The number of aromatic nitrogens is 2. The predicted molar refractivity (Wildman–Crippen MR) is 102 cm³/mol. The molecule has 1 fully saturated rings. The fraction of sp³-hybridized carbons (Fsp3) is 0.227. The van der Waals surface area contributed by atoms with E-state index in [1.807, 2.05) is 6.07 Å². The molecule has 4 rings (SSSR count). The van der Waals surface area contributed by atoms with Gasteiger partial charge in [-0.2, -0.15) is 0 Å². The van der Waals surface area contributed by atoms with Crippen molar-refractivity contribution in [2.45, 2.75) is 18.8 Å². The van der Waals surface area contributed by atoms with E-state index in [-0.39, 0.29) is 23.2 Å². The molecule has 6 heteroatoms. The highest BCUT2D eigenvalue weighted by Gasteiger charge is 2.27. The second-order valence-corrected chi connectivity index (χ2v) is 6.89. The van der Waals surface area contributed by atoms with Gasteiger partial charge in [-0.1, -0.05) is 24.3 Å². The summed E-state index contributed by atoms with van der Waals surface area (Å²) in [7, 11) is 0. The van der Waals surface area contributed by atoms with Gasteiger partial charge in [0, 0.05) is 36.5 Å². The van der Waals surface area contributed by atoms with Crippen LogP contribution in [0, 0.1) is 11.6 Å². The quantitative estimate of drug-likeness (QED) is 0.676. The lowest BCUT2D eigenvalue weighted by atomic mass is 9.94.